The van der Waals surface area contributed by atoms with Crippen molar-refractivity contribution >= 4 is 5.78 Å². The number of allylic oxidation sites excluding steroid dienone is 2. The van der Waals surface area contributed by atoms with Crippen LogP contribution in [0.5, 0.6) is 0 Å². The molecule has 2 heteroatoms. The number of hydrogen-bond acceptors (Lipinski definition) is 2. The zero-order valence-corrected chi connectivity index (χ0v) is 10.9. The molecule has 15 heavy (non-hydrogen) atoms. The van der Waals surface area contributed by atoms with E-state index in [9.17, 15) is 4.79 Å². The van der Waals surface area contributed by atoms with Crippen LogP contribution < -0.4 is 5.32 Å². The average molecular weight is 211 g/mol. The predicted octanol–water partition coefficient (Wildman–Crippen LogP) is 3.14. The van der Waals surface area contributed by atoms with E-state index >= 15 is 0 Å². The van der Waals surface area contributed by atoms with Gasteiger partial charge in [0.25, 0.3) is 0 Å². The lowest BCUT2D eigenvalue weighted by atomic mass is 10.0. The fraction of sp³-hybridized carbons (Fsp3) is 0.769. The van der Waals surface area contributed by atoms with E-state index in [1.807, 2.05) is 13.8 Å². The Hall–Kier alpha value is -0.790. The lowest BCUT2D eigenvalue weighted by molar-refractivity contribution is -0.117. The van der Waals surface area contributed by atoms with Crippen molar-refractivity contribution < 1.29 is 4.79 Å². The van der Waals surface area contributed by atoms with Crippen LogP contribution in [0.2, 0.25) is 0 Å². The Morgan fingerprint density at radius 2 is 1.67 bits per heavy atom. The zero-order valence-electron chi connectivity index (χ0n) is 10.9. The van der Waals surface area contributed by atoms with Crippen LogP contribution in [0, 0.1) is 11.8 Å². The van der Waals surface area contributed by atoms with Gasteiger partial charge in [-0.25, -0.2) is 0 Å². The molecule has 0 saturated carbocycles. The maximum atomic E-state index is 11.6. The summed E-state index contributed by atoms with van der Waals surface area (Å²) in [5.41, 5.74) is 1.06. The quantitative estimate of drug-likeness (QED) is 0.684. The Balaban J connectivity index is 4.59. The molecule has 0 radical (unpaired) electrons. The number of hydrogen-bond donors (Lipinski definition) is 1. The van der Waals surface area contributed by atoms with Crippen LogP contribution in [0.4, 0.5) is 0 Å². The highest BCUT2D eigenvalue weighted by Gasteiger charge is 2.10. The molecule has 0 bridgehead atoms. The van der Waals surface area contributed by atoms with Crippen molar-refractivity contribution in [2.45, 2.75) is 54.0 Å². The standard InChI is InChI=1S/C13H25NO/c1-7-11(6)14-12(9(2)3)8-13(15)10(4)5/h8-11,14H,7H2,1-6H3/b12-8-. The molecule has 88 valence electrons. The van der Waals surface area contributed by atoms with E-state index in [0.717, 1.165) is 12.1 Å². The molecule has 1 atom stereocenters. The summed E-state index contributed by atoms with van der Waals surface area (Å²) >= 11 is 0. The highest BCUT2D eigenvalue weighted by atomic mass is 16.1. The van der Waals surface area contributed by atoms with Crippen molar-refractivity contribution in [1.82, 2.24) is 5.32 Å². The molecule has 2 nitrogen and oxygen atoms in total. The first-order valence-electron chi connectivity index (χ1n) is 5.90. The van der Waals surface area contributed by atoms with Crippen LogP contribution in [0.15, 0.2) is 11.8 Å². The number of nitrogens with one attached hydrogen (secondary N) is 1. The second-order valence-corrected chi connectivity index (χ2v) is 4.77. The maximum absolute atomic E-state index is 11.6. The monoisotopic (exact) mass is 211 g/mol. The van der Waals surface area contributed by atoms with Gasteiger partial charge >= 0.3 is 0 Å². The van der Waals surface area contributed by atoms with Gasteiger partial charge in [0, 0.05) is 23.7 Å². The first-order valence-corrected chi connectivity index (χ1v) is 5.90. The molecule has 0 saturated heterocycles. The van der Waals surface area contributed by atoms with Crippen LogP contribution in [-0.4, -0.2) is 11.8 Å². The molecular weight excluding hydrogens is 186 g/mol. The van der Waals surface area contributed by atoms with Gasteiger partial charge in [0.1, 0.15) is 0 Å². The van der Waals surface area contributed by atoms with Crippen molar-refractivity contribution in [3.05, 3.63) is 11.8 Å². The van der Waals surface area contributed by atoms with Gasteiger partial charge in [0.05, 0.1) is 0 Å². The van der Waals surface area contributed by atoms with Gasteiger partial charge in [0.2, 0.25) is 0 Å². The summed E-state index contributed by atoms with van der Waals surface area (Å²) in [7, 11) is 0. The van der Waals surface area contributed by atoms with Gasteiger partial charge in [-0.1, -0.05) is 34.6 Å². The molecule has 0 aromatic heterocycles. The van der Waals surface area contributed by atoms with Gasteiger partial charge in [-0.3, -0.25) is 4.79 Å². The SMILES string of the molecule is CCC(C)N/C(=C\C(=O)C(C)C)C(C)C. The lowest BCUT2D eigenvalue weighted by Crippen LogP contribution is -2.28. The van der Waals surface area contributed by atoms with Crippen LogP contribution in [0.3, 0.4) is 0 Å². The predicted molar refractivity (Wildman–Crippen MR) is 65.7 cm³/mol. The van der Waals surface area contributed by atoms with Crippen molar-refractivity contribution in [1.29, 1.82) is 0 Å². The summed E-state index contributed by atoms with van der Waals surface area (Å²) in [6, 6.07) is 0.429. The van der Waals surface area contributed by atoms with E-state index in [2.05, 4.69) is 33.0 Å². The first kappa shape index (κ1) is 14.2. The Morgan fingerprint density at radius 3 is 2.00 bits per heavy atom. The van der Waals surface area contributed by atoms with Gasteiger partial charge in [-0.2, -0.15) is 0 Å². The topological polar surface area (TPSA) is 29.1 Å². The highest BCUT2D eigenvalue weighted by molar-refractivity contribution is 5.91. The van der Waals surface area contributed by atoms with Gasteiger partial charge in [0.15, 0.2) is 5.78 Å². The Kier molecular flexibility index (Phi) is 6.30. The summed E-state index contributed by atoms with van der Waals surface area (Å²) in [6.07, 6.45) is 2.83. The van der Waals surface area contributed by atoms with E-state index in [1.54, 1.807) is 6.08 Å². The highest BCUT2D eigenvalue weighted by Crippen LogP contribution is 2.10. The fourth-order valence-electron chi connectivity index (χ4n) is 1.08. The molecule has 0 amide bonds. The molecular formula is C13H25NO. The molecule has 0 aliphatic heterocycles. The molecule has 0 fully saturated rings. The third-order valence-electron chi connectivity index (χ3n) is 2.51. The molecule has 0 aliphatic carbocycles. The van der Waals surface area contributed by atoms with Crippen molar-refractivity contribution in [2.75, 3.05) is 0 Å². The van der Waals surface area contributed by atoms with Crippen LogP contribution >= 0.6 is 0 Å². The third kappa shape index (κ3) is 5.60. The number of ketones is 1. The van der Waals surface area contributed by atoms with Crippen molar-refractivity contribution in [3.8, 4) is 0 Å². The third-order valence-corrected chi connectivity index (χ3v) is 2.51. The molecule has 0 spiro atoms. The smallest absolute Gasteiger partial charge is 0.159 e. The summed E-state index contributed by atoms with van der Waals surface area (Å²) in [4.78, 5) is 11.6. The molecule has 0 aromatic carbocycles. The minimum Gasteiger partial charge on any atom is -0.386 e. The molecule has 0 aliphatic rings. The zero-order chi connectivity index (χ0) is 12.0. The van der Waals surface area contributed by atoms with Gasteiger partial charge in [-0.05, 0) is 19.3 Å². The Morgan fingerprint density at radius 1 is 1.13 bits per heavy atom. The molecule has 1 unspecified atom stereocenters. The summed E-state index contributed by atoms with van der Waals surface area (Å²) in [5.74, 6) is 0.661. The number of carbonyl (C=O) groups is 1. The van der Waals surface area contributed by atoms with E-state index < -0.39 is 0 Å². The van der Waals surface area contributed by atoms with Gasteiger partial charge in [-0.15, -0.1) is 0 Å². The Labute approximate surface area is 94.1 Å². The average Bonchev–Trinajstić information content (AvgIpc) is 2.15. The summed E-state index contributed by atoms with van der Waals surface area (Å²) in [6.45, 7) is 12.3. The molecule has 0 aromatic rings. The van der Waals surface area contributed by atoms with E-state index in [4.69, 9.17) is 0 Å². The molecule has 0 heterocycles. The van der Waals surface area contributed by atoms with E-state index in [1.165, 1.54) is 0 Å². The van der Waals surface area contributed by atoms with Crippen molar-refractivity contribution in [3.63, 3.8) is 0 Å². The summed E-state index contributed by atoms with van der Waals surface area (Å²) in [5, 5.41) is 3.39. The van der Waals surface area contributed by atoms with Gasteiger partial charge < -0.3 is 5.32 Å². The van der Waals surface area contributed by atoms with Crippen LogP contribution in [-0.2, 0) is 4.79 Å². The molecule has 1 N–H and O–H groups in total. The normalized spacial score (nSPS) is 14.5. The first-order chi connectivity index (χ1) is 6.88. The lowest BCUT2D eigenvalue weighted by Gasteiger charge is -2.19. The Bertz CT molecular complexity index is 229. The second-order valence-electron chi connectivity index (χ2n) is 4.77. The minimum absolute atomic E-state index is 0.0810. The molecule has 0 rings (SSSR count). The second kappa shape index (κ2) is 6.65. The number of rotatable bonds is 6. The van der Waals surface area contributed by atoms with Crippen LogP contribution in [0.25, 0.3) is 0 Å². The fourth-order valence-corrected chi connectivity index (χ4v) is 1.08. The largest absolute Gasteiger partial charge is 0.386 e. The maximum Gasteiger partial charge on any atom is 0.159 e. The number of carbonyl (C=O) groups excluding carboxylic acids is 1. The van der Waals surface area contributed by atoms with E-state index in [0.29, 0.717) is 12.0 Å². The van der Waals surface area contributed by atoms with Crippen LogP contribution in [0.1, 0.15) is 48.0 Å². The summed E-state index contributed by atoms with van der Waals surface area (Å²) < 4.78 is 0. The minimum atomic E-state index is 0.0810. The van der Waals surface area contributed by atoms with Crippen molar-refractivity contribution in [2.24, 2.45) is 11.8 Å². The van der Waals surface area contributed by atoms with E-state index in [-0.39, 0.29) is 11.7 Å².